The van der Waals surface area contributed by atoms with Gasteiger partial charge in [-0.15, -0.1) is 0 Å². The van der Waals surface area contributed by atoms with Gasteiger partial charge in [0.25, 0.3) is 5.91 Å². The van der Waals surface area contributed by atoms with Gasteiger partial charge >= 0.3 is 6.09 Å². The lowest BCUT2D eigenvalue weighted by molar-refractivity contribution is 0.0523. The molecular formula is C18H25BrN2O4. The van der Waals surface area contributed by atoms with Crippen LogP contribution in [0.25, 0.3) is 0 Å². The number of hydrogen-bond donors (Lipinski definition) is 2. The molecule has 1 fully saturated rings. The Labute approximate surface area is 156 Å². The minimum absolute atomic E-state index is 0.119. The van der Waals surface area contributed by atoms with Gasteiger partial charge in [-0.05, 0) is 57.4 Å². The summed E-state index contributed by atoms with van der Waals surface area (Å²) >= 11 is 3.42. The summed E-state index contributed by atoms with van der Waals surface area (Å²) in [6, 6.07) is 5.55. The van der Waals surface area contributed by atoms with Gasteiger partial charge in [0.2, 0.25) is 0 Å². The number of ether oxygens (including phenoxy) is 2. The van der Waals surface area contributed by atoms with Crippen LogP contribution in [-0.2, 0) is 16.0 Å². The zero-order valence-electron chi connectivity index (χ0n) is 14.9. The van der Waals surface area contributed by atoms with E-state index in [1.807, 2.05) is 26.8 Å². The van der Waals surface area contributed by atoms with Crippen molar-refractivity contribution in [1.82, 2.24) is 10.6 Å². The van der Waals surface area contributed by atoms with Crippen molar-refractivity contribution in [2.24, 2.45) is 0 Å². The monoisotopic (exact) mass is 412 g/mol. The number of rotatable bonds is 4. The molecule has 0 spiro atoms. The summed E-state index contributed by atoms with van der Waals surface area (Å²) in [4.78, 5) is 24.2. The van der Waals surface area contributed by atoms with Crippen LogP contribution in [0, 0.1) is 0 Å². The van der Waals surface area contributed by atoms with Crippen molar-refractivity contribution in [2.45, 2.75) is 51.8 Å². The van der Waals surface area contributed by atoms with Crippen LogP contribution in [0.2, 0.25) is 0 Å². The molecule has 0 radical (unpaired) electrons. The molecule has 1 heterocycles. The van der Waals surface area contributed by atoms with Crippen molar-refractivity contribution in [3.63, 3.8) is 0 Å². The maximum atomic E-state index is 12.5. The van der Waals surface area contributed by atoms with Crippen LogP contribution in [0.1, 0.15) is 49.5 Å². The Morgan fingerprint density at radius 3 is 2.56 bits per heavy atom. The summed E-state index contributed by atoms with van der Waals surface area (Å²) in [5, 5.41) is 5.73. The van der Waals surface area contributed by atoms with Crippen LogP contribution in [0.15, 0.2) is 22.7 Å². The Morgan fingerprint density at radius 2 is 1.92 bits per heavy atom. The molecule has 1 aliphatic heterocycles. The van der Waals surface area contributed by atoms with Gasteiger partial charge in [-0.2, -0.15) is 0 Å². The molecule has 2 amide bonds. The predicted molar refractivity (Wildman–Crippen MR) is 98.5 cm³/mol. The fourth-order valence-electron chi connectivity index (χ4n) is 2.48. The molecule has 0 atom stereocenters. The second kappa shape index (κ2) is 8.67. The average molecular weight is 413 g/mol. The van der Waals surface area contributed by atoms with Crippen LogP contribution in [0.3, 0.4) is 0 Å². The van der Waals surface area contributed by atoms with Gasteiger partial charge in [0.15, 0.2) is 0 Å². The lowest BCUT2D eigenvalue weighted by Crippen LogP contribution is -2.39. The van der Waals surface area contributed by atoms with E-state index < -0.39 is 11.7 Å². The zero-order valence-corrected chi connectivity index (χ0v) is 16.4. The molecule has 0 aromatic heterocycles. The number of carbonyl (C=O) groups is 2. The van der Waals surface area contributed by atoms with Gasteiger partial charge < -0.3 is 20.1 Å². The zero-order chi connectivity index (χ0) is 18.4. The molecule has 1 aromatic rings. The van der Waals surface area contributed by atoms with Gasteiger partial charge in [0.05, 0.1) is 0 Å². The molecule has 0 bridgehead atoms. The van der Waals surface area contributed by atoms with Crippen molar-refractivity contribution >= 4 is 27.9 Å². The average Bonchev–Trinajstić information content (AvgIpc) is 2.52. The van der Waals surface area contributed by atoms with Crippen molar-refractivity contribution in [3.05, 3.63) is 33.8 Å². The normalized spacial score (nSPS) is 15.5. The van der Waals surface area contributed by atoms with Gasteiger partial charge in [0, 0.05) is 35.8 Å². The number of halogens is 1. The van der Waals surface area contributed by atoms with Crippen LogP contribution < -0.4 is 10.6 Å². The minimum atomic E-state index is -0.546. The molecule has 1 aromatic carbocycles. The SMILES string of the molecule is CC(C)(C)OC(=O)NCc1cc(Br)cc(C(=O)NC2CCOCC2)c1. The molecule has 6 nitrogen and oxygen atoms in total. The maximum absolute atomic E-state index is 12.5. The summed E-state index contributed by atoms with van der Waals surface area (Å²) in [6.07, 6.45) is 1.17. The van der Waals surface area contributed by atoms with E-state index in [-0.39, 0.29) is 18.5 Å². The summed E-state index contributed by atoms with van der Waals surface area (Å²) in [5.74, 6) is -0.119. The van der Waals surface area contributed by atoms with Crippen LogP contribution in [0.4, 0.5) is 4.79 Å². The Hall–Kier alpha value is -1.60. The highest BCUT2D eigenvalue weighted by Crippen LogP contribution is 2.17. The molecule has 0 aliphatic carbocycles. The fraction of sp³-hybridized carbons (Fsp3) is 0.556. The standard InChI is InChI=1S/C18H25BrN2O4/c1-18(2,3)25-17(23)20-11-12-8-13(10-14(19)9-12)16(22)21-15-4-6-24-7-5-15/h8-10,15H,4-7,11H2,1-3H3,(H,20,23)(H,21,22). The minimum Gasteiger partial charge on any atom is -0.444 e. The van der Waals surface area contributed by atoms with E-state index in [1.165, 1.54) is 0 Å². The summed E-state index contributed by atoms with van der Waals surface area (Å²) < 4.78 is 11.3. The Morgan fingerprint density at radius 1 is 1.24 bits per heavy atom. The topological polar surface area (TPSA) is 76.7 Å². The largest absolute Gasteiger partial charge is 0.444 e. The molecule has 2 N–H and O–H groups in total. The third-order valence-corrected chi connectivity index (χ3v) is 4.07. The highest BCUT2D eigenvalue weighted by Gasteiger charge is 2.18. The fourth-order valence-corrected chi connectivity index (χ4v) is 3.02. The first kappa shape index (κ1) is 19.7. The number of hydrogen-bond acceptors (Lipinski definition) is 4. The summed E-state index contributed by atoms with van der Waals surface area (Å²) in [5.41, 5.74) is 0.829. The molecule has 1 saturated heterocycles. The second-order valence-electron chi connectivity index (χ2n) is 7.06. The lowest BCUT2D eigenvalue weighted by atomic mass is 10.1. The third kappa shape index (κ3) is 7.04. The molecule has 1 aliphatic rings. The summed E-state index contributed by atoms with van der Waals surface area (Å²) in [6.45, 7) is 7.06. The van der Waals surface area contributed by atoms with E-state index >= 15 is 0 Å². The number of benzene rings is 1. The van der Waals surface area contributed by atoms with Crippen molar-refractivity contribution in [1.29, 1.82) is 0 Å². The molecular weight excluding hydrogens is 388 g/mol. The van der Waals surface area contributed by atoms with Gasteiger partial charge in [0.1, 0.15) is 5.60 Å². The Kier molecular flexibility index (Phi) is 6.84. The summed E-state index contributed by atoms with van der Waals surface area (Å²) in [7, 11) is 0. The first-order chi connectivity index (χ1) is 11.7. The molecule has 138 valence electrons. The maximum Gasteiger partial charge on any atom is 0.407 e. The highest BCUT2D eigenvalue weighted by molar-refractivity contribution is 9.10. The molecule has 25 heavy (non-hydrogen) atoms. The van der Waals surface area contributed by atoms with E-state index in [0.717, 1.165) is 22.9 Å². The Balaban J connectivity index is 1.96. The highest BCUT2D eigenvalue weighted by atomic mass is 79.9. The van der Waals surface area contributed by atoms with E-state index in [2.05, 4.69) is 26.6 Å². The second-order valence-corrected chi connectivity index (χ2v) is 7.98. The van der Waals surface area contributed by atoms with Crippen LogP contribution in [0.5, 0.6) is 0 Å². The third-order valence-electron chi connectivity index (χ3n) is 3.61. The quantitative estimate of drug-likeness (QED) is 0.794. The molecule has 0 unspecified atom stereocenters. The van der Waals surface area contributed by atoms with Gasteiger partial charge in [-0.1, -0.05) is 15.9 Å². The first-order valence-electron chi connectivity index (χ1n) is 8.38. The molecule has 2 rings (SSSR count). The van der Waals surface area contributed by atoms with Crippen molar-refractivity contribution in [3.8, 4) is 0 Å². The number of amides is 2. The van der Waals surface area contributed by atoms with E-state index in [4.69, 9.17) is 9.47 Å². The predicted octanol–water partition coefficient (Wildman–Crippen LogP) is 3.38. The van der Waals surface area contributed by atoms with E-state index in [0.29, 0.717) is 18.8 Å². The van der Waals surface area contributed by atoms with Crippen molar-refractivity contribution < 1.29 is 19.1 Å². The van der Waals surface area contributed by atoms with Crippen molar-refractivity contribution in [2.75, 3.05) is 13.2 Å². The Bertz CT molecular complexity index is 622. The van der Waals surface area contributed by atoms with Gasteiger partial charge in [-0.3, -0.25) is 4.79 Å². The van der Waals surface area contributed by atoms with Gasteiger partial charge in [-0.25, -0.2) is 4.79 Å². The molecule has 0 saturated carbocycles. The lowest BCUT2D eigenvalue weighted by Gasteiger charge is -2.23. The van der Waals surface area contributed by atoms with Crippen LogP contribution in [-0.4, -0.2) is 36.9 Å². The van der Waals surface area contributed by atoms with E-state index in [9.17, 15) is 9.59 Å². The number of carbonyl (C=O) groups excluding carboxylic acids is 2. The first-order valence-corrected chi connectivity index (χ1v) is 9.17. The smallest absolute Gasteiger partial charge is 0.407 e. The van der Waals surface area contributed by atoms with E-state index in [1.54, 1.807) is 12.1 Å². The molecule has 7 heteroatoms. The van der Waals surface area contributed by atoms with Crippen LogP contribution >= 0.6 is 15.9 Å². The number of nitrogens with one attached hydrogen (secondary N) is 2. The number of alkyl carbamates (subject to hydrolysis) is 1.